The maximum Gasteiger partial charge on any atom is 0.298 e. The second-order valence-corrected chi connectivity index (χ2v) is 5.62. The summed E-state index contributed by atoms with van der Waals surface area (Å²) in [6, 6.07) is 16.3. The minimum absolute atomic E-state index is 0.294. The lowest BCUT2D eigenvalue weighted by Gasteiger charge is -2.12. The van der Waals surface area contributed by atoms with Crippen molar-refractivity contribution in [3.8, 4) is 5.75 Å². The third-order valence-electron chi connectivity index (χ3n) is 3.22. The molecule has 4 nitrogen and oxygen atoms in total. The molecule has 0 spiro atoms. The van der Waals surface area contributed by atoms with E-state index in [-0.39, 0.29) is 11.1 Å². The molecule has 2 aromatic carbocycles. The molecular formula is C17H13NO3S. The Morgan fingerprint density at radius 1 is 1.00 bits per heavy atom. The molecule has 110 valence electrons. The van der Waals surface area contributed by atoms with E-state index in [1.807, 2.05) is 30.3 Å². The van der Waals surface area contributed by atoms with Crippen molar-refractivity contribution in [3.63, 3.8) is 0 Å². The van der Waals surface area contributed by atoms with Crippen molar-refractivity contribution in [2.45, 2.75) is 0 Å². The first kappa shape index (κ1) is 14.4. The van der Waals surface area contributed by atoms with Gasteiger partial charge in [-0.15, -0.1) is 0 Å². The predicted molar refractivity (Wildman–Crippen MR) is 87.9 cm³/mol. The molecule has 1 saturated heterocycles. The third kappa shape index (κ3) is 2.76. The molecule has 1 aliphatic rings. The van der Waals surface area contributed by atoms with Crippen LogP contribution in [0.4, 0.5) is 10.5 Å². The fourth-order valence-corrected chi connectivity index (χ4v) is 2.96. The Balaban J connectivity index is 1.89. The molecule has 22 heavy (non-hydrogen) atoms. The average Bonchev–Trinajstić information content (AvgIpc) is 2.82. The number of amides is 2. The highest BCUT2D eigenvalue weighted by Gasteiger charge is 2.36. The van der Waals surface area contributed by atoms with Gasteiger partial charge >= 0.3 is 0 Å². The van der Waals surface area contributed by atoms with Gasteiger partial charge in [-0.1, -0.05) is 30.3 Å². The van der Waals surface area contributed by atoms with E-state index in [1.54, 1.807) is 37.5 Å². The lowest BCUT2D eigenvalue weighted by atomic mass is 10.2. The number of thioether (sulfide) groups is 1. The molecule has 0 saturated carbocycles. The average molecular weight is 311 g/mol. The Morgan fingerprint density at radius 2 is 1.68 bits per heavy atom. The molecule has 0 radical (unpaired) electrons. The quantitative estimate of drug-likeness (QED) is 0.806. The lowest BCUT2D eigenvalue weighted by molar-refractivity contribution is -0.113. The van der Waals surface area contributed by atoms with Crippen LogP contribution in [0.25, 0.3) is 6.08 Å². The first-order valence-electron chi connectivity index (χ1n) is 6.66. The van der Waals surface area contributed by atoms with E-state index in [0.717, 1.165) is 17.3 Å². The normalized spacial score (nSPS) is 16.4. The Kier molecular flexibility index (Phi) is 3.98. The van der Waals surface area contributed by atoms with Crippen LogP contribution in [-0.2, 0) is 4.79 Å². The summed E-state index contributed by atoms with van der Waals surface area (Å²) in [5.41, 5.74) is 1.43. The number of carbonyl (C=O) groups is 2. The molecule has 2 aromatic rings. The summed E-state index contributed by atoms with van der Waals surface area (Å²) in [4.78, 5) is 26.2. The van der Waals surface area contributed by atoms with Gasteiger partial charge in [0.15, 0.2) is 0 Å². The van der Waals surface area contributed by atoms with E-state index in [2.05, 4.69) is 0 Å². The highest BCUT2D eigenvalue weighted by atomic mass is 32.2. The smallest absolute Gasteiger partial charge is 0.298 e. The number of benzene rings is 2. The summed E-state index contributed by atoms with van der Waals surface area (Å²) < 4.78 is 5.08. The van der Waals surface area contributed by atoms with E-state index in [4.69, 9.17) is 4.74 Å². The number of ether oxygens (including phenoxy) is 1. The largest absolute Gasteiger partial charge is 0.497 e. The van der Waals surface area contributed by atoms with Gasteiger partial charge in [-0.05, 0) is 47.7 Å². The van der Waals surface area contributed by atoms with Crippen molar-refractivity contribution in [1.82, 2.24) is 0 Å². The van der Waals surface area contributed by atoms with E-state index in [1.165, 1.54) is 4.90 Å². The molecule has 2 amide bonds. The second-order valence-electron chi connectivity index (χ2n) is 4.63. The monoisotopic (exact) mass is 311 g/mol. The number of nitrogens with zero attached hydrogens (tertiary/aromatic N) is 1. The molecule has 0 unspecified atom stereocenters. The molecule has 0 aliphatic carbocycles. The fourth-order valence-electron chi connectivity index (χ4n) is 2.12. The Morgan fingerprint density at radius 3 is 2.32 bits per heavy atom. The van der Waals surface area contributed by atoms with Crippen molar-refractivity contribution in [1.29, 1.82) is 0 Å². The molecule has 0 atom stereocenters. The van der Waals surface area contributed by atoms with E-state index < -0.39 is 0 Å². The van der Waals surface area contributed by atoms with Crippen LogP contribution >= 0.6 is 11.8 Å². The minimum atomic E-state index is -0.302. The number of methoxy groups -OCH3 is 1. The molecular weight excluding hydrogens is 298 g/mol. The van der Waals surface area contributed by atoms with E-state index >= 15 is 0 Å². The molecule has 1 heterocycles. The van der Waals surface area contributed by atoms with Crippen molar-refractivity contribution in [3.05, 3.63) is 65.1 Å². The van der Waals surface area contributed by atoms with Gasteiger partial charge in [-0.25, -0.2) is 4.90 Å². The number of hydrogen-bond acceptors (Lipinski definition) is 4. The minimum Gasteiger partial charge on any atom is -0.497 e. The van der Waals surface area contributed by atoms with Crippen molar-refractivity contribution in [2.24, 2.45) is 0 Å². The van der Waals surface area contributed by atoms with Gasteiger partial charge in [0, 0.05) is 0 Å². The molecule has 5 heteroatoms. The van der Waals surface area contributed by atoms with Crippen molar-refractivity contribution < 1.29 is 14.3 Å². The fraction of sp³-hybridized carbons (Fsp3) is 0.0588. The lowest BCUT2D eigenvalue weighted by Crippen LogP contribution is -2.27. The molecule has 3 rings (SSSR count). The number of imide groups is 1. The summed E-state index contributed by atoms with van der Waals surface area (Å²) in [5, 5.41) is -0.294. The van der Waals surface area contributed by atoms with Crippen LogP contribution in [0.3, 0.4) is 0 Å². The number of hydrogen-bond donors (Lipinski definition) is 0. The van der Waals surface area contributed by atoms with Crippen LogP contribution in [0.15, 0.2) is 59.5 Å². The summed E-state index contributed by atoms with van der Waals surface area (Å²) in [6.07, 6.45) is 1.73. The predicted octanol–water partition coefficient (Wildman–Crippen LogP) is 3.94. The number of rotatable bonds is 3. The SMILES string of the molecule is COc1ccc(N2C(=O)S/C(=C\c3ccccc3)C2=O)cc1. The highest BCUT2D eigenvalue weighted by Crippen LogP contribution is 2.36. The van der Waals surface area contributed by atoms with Crippen LogP contribution in [0.1, 0.15) is 5.56 Å². The van der Waals surface area contributed by atoms with Crippen LogP contribution in [0.5, 0.6) is 5.75 Å². The van der Waals surface area contributed by atoms with Gasteiger partial charge in [0.1, 0.15) is 5.75 Å². The molecule has 0 aromatic heterocycles. The van der Waals surface area contributed by atoms with Gasteiger partial charge in [0.25, 0.3) is 11.1 Å². The van der Waals surface area contributed by atoms with Gasteiger partial charge in [-0.3, -0.25) is 9.59 Å². The maximum atomic E-state index is 12.5. The number of carbonyl (C=O) groups excluding carboxylic acids is 2. The first-order valence-corrected chi connectivity index (χ1v) is 7.48. The van der Waals surface area contributed by atoms with E-state index in [9.17, 15) is 9.59 Å². The van der Waals surface area contributed by atoms with Gasteiger partial charge < -0.3 is 4.74 Å². The standard InChI is InChI=1S/C17H13NO3S/c1-21-14-9-7-13(8-10-14)18-16(19)15(22-17(18)20)11-12-5-3-2-4-6-12/h2-11H,1H3/b15-11-. The Labute approximate surface area is 132 Å². The maximum absolute atomic E-state index is 12.5. The number of anilines is 1. The Hall–Kier alpha value is -2.53. The van der Waals surface area contributed by atoms with Gasteiger partial charge in [0.2, 0.25) is 0 Å². The summed E-state index contributed by atoms with van der Waals surface area (Å²) >= 11 is 0.949. The van der Waals surface area contributed by atoms with Gasteiger partial charge in [0.05, 0.1) is 17.7 Å². The zero-order valence-corrected chi connectivity index (χ0v) is 12.7. The van der Waals surface area contributed by atoms with Crippen LogP contribution in [-0.4, -0.2) is 18.3 Å². The second kappa shape index (κ2) is 6.07. The first-order chi connectivity index (χ1) is 10.7. The van der Waals surface area contributed by atoms with Gasteiger partial charge in [-0.2, -0.15) is 0 Å². The van der Waals surface area contributed by atoms with Crippen molar-refractivity contribution in [2.75, 3.05) is 12.0 Å². The van der Waals surface area contributed by atoms with E-state index in [0.29, 0.717) is 16.3 Å². The molecule has 0 bridgehead atoms. The summed E-state index contributed by atoms with van der Waals surface area (Å²) in [5.74, 6) is 0.375. The third-order valence-corrected chi connectivity index (χ3v) is 4.09. The summed E-state index contributed by atoms with van der Waals surface area (Å²) in [7, 11) is 1.57. The van der Waals surface area contributed by atoms with Crippen LogP contribution < -0.4 is 9.64 Å². The van der Waals surface area contributed by atoms with Crippen LogP contribution in [0.2, 0.25) is 0 Å². The summed E-state index contributed by atoms with van der Waals surface area (Å²) in [6.45, 7) is 0. The zero-order valence-electron chi connectivity index (χ0n) is 11.9. The zero-order chi connectivity index (χ0) is 15.5. The highest BCUT2D eigenvalue weighted by molar-refractivity contribution is 8.19. The topological polar surface area (TPSA) is 46.6 Å². The molecule has 0 N–H and O–H groups in total. The van der Waals surface area contributed by atoms with Crippen LogP contribution in [0, 0.1) is 0 Å². The molecule has 1 fully saturated rings. The Bertz CT molecular complexity index is 738. The molecule has 1 aliphatic heterocycles. The van der Waals surface area contributed by atoms with Crippen molar-refractivity contribution >= 4 is 34.7 Å².